The Bertz CT molecular complexity index is 576. The molecule has 3 nitrogen and oxygen atoms in total. The summed E-state index contributed by atoms with van der Waals surface area (Å²) < 4.78 is 0. The minimum atomic E-state index is -0.0547. The highest BCUT2D eigenvalue weighted by Crippen LogP contribution is 2.17. The van der Waals surface area contributed by atoms with E-state index in [4.69, 9.17) is 0 Å². The van der Waals surface area contributed by atoms with Gasteiger partial charge in [0.25, 0.3) is 5.91 Å². The zero-order valence-electron chi connectivity index (χ0n) is 10.4. The highest BCUT2D eigenvalue weighted by Gasteiger charge is 2.10. The lowest BCUT2D eigenvalue weighted by molar-refractivity contribution is 0.0955. The fraction of sp³-hybridized carbons (Fsp3) is 0.286. The second-order valence-electron chi connectivity index (χ2n) is 4.18. The summed E-state index contributed by atoms with van der Waals surface area (Å²) in [5.41, 5.74) is 3.53. The van der Waals surface area contributed by atoms with Gasteiger partial charge in [0.2, 0.25) is 0 Å². The highest BCUT2D eigenvalue weighted by atomic mass is 16.1. The lowest BCUT2D eigenvalue weighted by Gasteiger charge is -2.07. The summed E-state index contributed by atoms with van der Waals surface area (Å²) in [5, 5.41) is 3.81. The Morgan fingerprint density at radius 1 is 1.29 bits per heavy atom. The molecule has 0 aliphatic rings. The van der Waals surface area contributed by atoms with E-state index in [0.29, 0.717) is 12.1 Å². The van der Waals surface area contributed by atoms with Crippen molar-refractivity contribution in [2.45, 2.75) is 20.8 Å². The number of fused-ring (bicyclic) bond motifs is 1. The van der Waals surface area contributed by atoms with Crippen LogP contribution in [0.4, 0.5) is 0 Å². The molecule has 0 aliphatic carbocycles. The summed E-state index contributed by atoms with van der Waals surface area (Å²) in [6.45, 7) is 6.44. The maximum absolute atomic E-state index is 11.8. The number of nitrogens with one attached hydrogen (secondary N) is 1. The van der Waals surface area contributed by atoms with Gasteiger partial charge >= 0.3 is 0 Å². The van der Waals surface area contributed by atoms with Crippen LogP contribution in [0.15, 0.2) is 24.3 Å². The Morgan fingerprint density at radius 2 is 2.06 bits per heavy atom. The number of aryl methyl sites for hydroxylation is 2. The summed E-state index contributed by atoms with van der Waals surface area (Å²) in [6.07, 6.45) is 0. The monoisotopic (exact) mass is 228 g/mol. The third-order valence-electron chi connectivity index (χ3n) is 2.74. The summed E-state index contributed by atoms with van der Waals surface area (Å²) >= 11 is 0. The van der Waals surface area contributed by atoms with Crippen molar-refractivity contribution in [3.63, 3.8) is 0 Å². The molecule has 88 valence electrons. The van der Waals surface area contributed by atoms with Crippen molar-refractivity contribution in [1.82, 2.24) is 10.3 Å². The van der Waals surface area contributed by atoms with Crippen LogP contribution in [0, 0.1) is 13.8 Å². The molecule has 1 amide bonds. The Morgan fingerprint density at radius 3 is 2.76 bits per heavy atom. The second-order valence-corrected chi connectivity index (χ2v) is 4.18. The molecule has 0 saturated heterocycles. The zero-order valence-corrected chi connectivity index (χ0v) is 10.4. The molecule has 0 radical (unpaired) electrons. The SMILES string of the molecule is CCNC(=O)c1cc2cc(C)ccc2nc1C. The third-order valence-corrected chi connectivity index (χ3v) is 2.74. The number of aromatic nitrogens is 1. The minimum Gasteiger partial charge on any atom is -0.352 e. The maximum Gasteiger partial charge on any atom is 0.253 e. The lowest BCUT2D eigenvalue weighted by Crippen LogP contribution is -2.23. The minimum absolute atomic E-state index is 0.0547. The molecule has 0 saturated carbocycles. The van der Waals surface area contributed by atoms with Gasteiger partial charge in [-0.2, -0.15) is 0 Å². The molecule has 2 aromatic rings. The van der Waals surface area contributed by atoms with Crippen molar-refractivity contribution in [3.8, 4) is 0 Å². The fourth-order valence-corrected chi connectivity index (χ4v) is 1.88. The molecule has 1 N–H and O–H groups in total. The van der Waals surface area contributed by atoms with Crippen LogP contribution in [0.3, 0.4) is 0 Å². The Balaban J connectivity index is 2.57. The molecule has 0 spiro atoms. The predicted octanol–water partition coefficient (Wildman–Crippen LogP) is 2.60. The smallest absolute Gasteiger partial charge is 0.253 e. The Hall–Kier alpha value is -1.90. The average Bonchev–Trinajstić information content (AvgIpc) is 2.29. The van der Waals surface area contributed by atoms with E-state index in [1.807, 2.05) is 45.0 Å². The standard InChI is InChI=1S/C14H16N2O/c1-4-15-14(17)12-8-11-7-9(2)5-6-13(11)16-10(12)3/h5-8H,4H2,1-3H3,(H,15,17). The molecule has 1 heterocycles. The molecule has 0 aliphatic heterocycles. The fourth-order valence-electron chi connectivity index (χ4n) is 1.88. The van der Waals surface area contributed by atoms with Crippen molar-refractivity contribution in [1.29, 1.82) is 0 Å². The molecule has 0 bridgehead atoms. The molecular formula is C14H16N2O. The van der Waals surface area contributed by atoms with Gasteiger partial charge in [0, 0.05) is 11.9 Å². The van der Waals surface area contributed by atoms with Gasteiger partial charge in [-0.15, -0.1) is 0 Å². The van der Waals surface area contributed by atoms with Crippen molar-refractivity contribution in [2.75, 3.05) is 6.54 Å². The third kappa shape index (κ3) is 2.28. The molecule has 1 aromatic carbocycles. The number of amides is 1. The predicted molar refractivity (Wildman–Crippen MR) is 69.2 cm³/mol. The topological polar surface area (TPSA) is 42.0 Å². The van der Waals surface area contributed by atoms with Crippen LogP contribution in [0.2, 0.25) is 0 Å². The first-order valence-corrected chi connectivity index (χ1v) is 5.78. The number of rotatable bonds is 2. The van der Waals surface area contributed by atoms with Gasteiger partial charge < -0.3 is 5.32 Å². The van der Waals surface area contributed by atoms with Gasteiger partial charge in [-0.05, 0) is 39.0 Å². The number of carbonyl (C=O) groups excluding carboxylic acids is 1. The number of hydrogen-bond acceptors (Lipinski definition) is 2. The number of benzene rings is 1. The molecule has 1 aromatic heterocycles. The van der Waals surface area contributed by atoms with Crippen LogP contribution < -0.4 is 5.32 Å². The van der Waals surface area contributed by atoms with Gasteiger partial charge in [0.15, 0.2) is 0 Å². The maximum atomic E-state index is 11.8. The van der Waals surface area contributed by atoms with Crippen LogP contribution in [-0.2, 0) is 0 Å². The van der Waals surface area contributed by atoms with Crippen LogP contribution in [-0.4, -0.2) is 17.4 Å². The summed E-state index contributed by atoms with van der Waals surface area (Å²) in [6, 6.07) is 7.97. The van der Waals surface area contributed by atoms with E-state index < -0.39 is 0 Å². The van der Waals surface area contributed by atoms with Crippen molar-refractivity contribution in [2.24, 2.45) is 0 Å². The number of carbonyl (C=O) groups is 1. The molecule has 17 heavy (non-hydrogen) atoms. The van der Waals surface area contributed by atoms with Crippen molar-refractivity contribution in [3.05, 3.63) is 41.1 Å². The molecule has 0 fully saturated rings. The summed E-state index contributed by atoms with van der Waals surface area (Å²) in [7, 11) is 0. The first-order chi connectivity index (χ1) is 8.11. The van der Waals surface area contributed by atoms with E-state index in [1.165, 1.54) is 5.56 Å². The van der Waals surface area contributed by atoms with E-state index in [1.54, 1.807) is 0 Å². The second kappa shape index (κ2) is 4.53. The molecule has 0 unspecified atom stereocenters. The van der Waals surface area contributed by atoms with E-state index in [-0.39, 0.29) is 5.91 Å². The van der Waals surface area contributed by atoms with Gasteiger partial charge in [-0.25, -0.2) is 0 Å². The van der Waals surface area contributed by atoms with Crippen molar-refractivity contribution < 1.29 is 4.79 Å². The first kappa shape index (κ1) is 11.6. The highest BCUT2D eigenvalue weighted by molar-refractivity contribution is 5.98. The van der Waals surface area contributed by atoms with Crippen LogP contribution in [0.1, 0.15) is 28.5 Å². The van der Waals surface area contributed by atoms with E-state index in [2.05, 4.69) is 10.3 Å². The normalized spacial score (nSPS) is 10.5. The van der Waals surface area contributed by atoms with Gasteiger partial charge in [0.1, 0.15) is 0 Å². The van der Waals surface area contributed by atoms with E-state index in [9.17, 15) is 4.79 Å². The lowest BCUT2D eigenvalue weighted by atomic mass is 10.1. The van der Waals surface area contributed by atoms with Crippen molar-refractivity contribution >= 4 is 16.8 Å². The molecule has 3 heteroatoms. The number of pyridine rings is 1. The van der Waals surface area contributed by atoms with E-state index in [0.717, 1.165) is 16.6 Å². The summed E-state index contributed by atoms with van der Waals surface area (Å²) in [4.78, 5) is 16.3. The molecule has 2 rings (SSSR count). The number of nitrogens with zero attached hydrogens (tertiary/aromatic N) is 1. The zero-order chi connectivity index (χ0) is 12.4. The molecular weight excluding hydrogens is 212 g/mol. The number of hydrogen-bond donors (Lipinski definition) is 1. The average molecular weight is 228 g/mol. The van der Waals surface area contributed by atoms with Crippen LogP contribution in [0.5, 0.6) is 0 Å². The first-order valence-electron chi connectivity index (χ1n) is 5.78. The van der Waals surface area contributed by atoms with Crippen LogP contribution in [0.25, 0.3) is 10.9 Å². The Labute approximate surface area is 101 Å². The van der Waals surface area contributed by atoms with E-state index >= 15 is 0 Å². The van der Waals surface area contributed by atoms with Crippen LogP contribution >= 0.6 is 0 Å². The van der Waals surface area contributed by atoms with Gasteiger partial charge in [0.05, 0.1) is 16.8 Å². The molecule has 0 atom stereocenters. The van der Waals surface area contributed by atoms with Gasteiger partial charge in [-0.3, -0.25) is 9.78 Å². The quantitative estimate of drug-likeness (QED) is 0.858. The Kier molecular flexibility index (Phi) is 3.09. The summed E-state index contributed by atoms with van der Waals surface area (Å²) in [5.74, 6) is -0.0547. The van der Waals surface area contributed by atoms with Gasteiger partial charge in [-0.1, -0.05) is 11.6 Å². The largest absolute Gasteiger partial charge is 0.352 e.